The van der Waals surface area contributed by atoms with Gasteiger partial charge in [-0.15, -0.1) is 11.3 Å². The van der Waals surface area contributed by atoms with Crippen LogP contribution in [0.2, 0.25) is 0 Å². The minimum atomic E-state index is 1.09. The minimum Gasteiger partial charge on any atom is -0.310 e. The predicted octanol–water partition coefficient (Wildman–Crippen LogP) is 18.2. The van der Waals surface area contributed by atoms with Crippen molar-refractivity contribution in [3.63, 3.8) is 0 Å². The van der Waals surface area contributed by atoms with Crippen LogP contribution in [-0.2, 0) is 0 Å². The van der Waals surface area contributed by atoms with Gasteiger partial charge in [0.25, 0.3) is 0 Å². The van der Waals surface area contributed by atoms with Crippen molar-refractivity contribution >= 4 is 70.1 Å². The zero-order valence-electron chi connectivity index (χ0n) is 35.0. The smallest absolute Gasteiger partial charge is 0.0540 e. The first-order valence-electron chi connectivity index (χ1n) is 21.9. The summed E-state index contributed by atoms with van der Waals surface area (Å²) in [5, 5.41) is 7.64. The molecule has 0 bridgehead atoms. The van der Waals surface area contributed by atoms with E-state index in [1.54, 1.807) is 0 Å². The molecule has 0 aliphatic carbocycles. The van der Waals surface area contributed by atoms with E-state index < -0.39 is 0 Å². The molecule has 0 amide bonds. The molecule has 0 fully saturated rings. The highest BCUT2D eigenvalue weighted by molar-refractivity contribution is 7.25. The van der Waals surface area contributed by atoms with Crippen molar-refractivity contribution in [3.05, 3.63) is 249 Å². The molecule has 0 radical (unpaired) electrons. The van der Waals surface area contributed by atoms with Crippen LogP contribution in [0.4, 0.5) is 17.1 Å². The van der Waals surface area contributed by atoms with Gasteiger partial charge in [0.05, 0.1) is 5.69 Å². The highest BCUT2D eigenvalue weighted by atomic mass is 32.1. The van der Waals surface area contributed by atoms with E-state index in [9.17, 15) is 0 Å². The molecular weight excluding hydrogens is 791 g/mol. The largest absolute Gasteiger partial charge is 0.310 e. The van der Waals surface area contributed by atoms with Crippen molar-refractivity contribution in [2.75, 3.05) is 4.90 Å². The van der Waals surface area contributed by atoms with Crippen LogP contribution in [0.15, 0.2) is 249 Å². The molecule has 1 aromatic heterocycles. The third kappa shape index (κ3) is 6.82. The van der Waals surface area contributed by atoms with E-state index in [1.807, 2.05) is 11.3 Å². The number of rotatable bonds is 8. The average molecular weight is 832 g/mol. The fourth-order valence-corrected chi connectivity index (χ4v) is 10.6. The SMILES string of the molecule is c1cc(-c2ccc(-c3ccc4ccccc4c3)cc2)cc(N(c2ccc(-c3ccc(-c4cccc5ccccc45)cc3)cc2)c2ccccc2-c2cccc3sc4ccccc4c23)c1. The number of nitrogens with zero attached hydrogens (tertiary/aromatic N) is 1. The van der Waals surface area contributed by atoms with Gasteiger partial charge in [-0.2, -0.15) is 0 Å². The van der Waals surface area contributed by atoms with Crippen molar-refractivity contribution < 1.29 is 0 Å². The molecule has 12 aromatic rings. The summed E-state index contributed by atoms with van der Waals surface area (Å²) in [4.78, 5) is 2.43. The van der Waals surface area contributed by atoms with Gasteiger partial charge in [-0.1, -0.05) is 200 Å². The number of thiophene rings is 1. The van der Waals surface area contributed by atoms with Crippen LogP contribution < -0.4 is 4.90 Å². The lowest BCUT2D eigenvalue weighted by Gasteiger charge is -2.28. The second-order valence-electron chi connectivity index (χ2n) is 16.5. The van der Waals surface area contributed by atoms with Crippen LogP contribution in [0.5, 0.6) is 0 Å². The van der Waals surface area contributed by atoms with E-state index >= 15 is 0 Å². The Labute approximate surface area is 377 Å². The van der Waals surface area contributed by atoms with Crippen molar-refractivity contribution in [3.8, 4) is 55.6 Å². The summed E-state index contributed by atoms with van der Waals surface area (Å²) in [6.07, 6.45) is 0. The van der Waals surface area contributed by atoms with Crippen molar-refractivity contribution in [2.24, 2.45) is 0 Å². The Kier molecular flexibility index (Phi) is 9.43. The van der Waals surface area contributed by atoms with Crippen molar-refractivity contribution in [1.29, 1.82) is 0 Å². The number of hydrogen-bond donors (Lipinski definition) is 0. The van der Waals surface area contributed by atoms with Crippen LogP contribution in [-0.4, -0.2) is 0 Å². The maximum absolute atomic E-state index is 2.43. The third-order valence-corrected chi connectivity index (χ3v) is 13.8. The predicted molar refractivity (Wildman–Crippen MR) is 276 cm³/mol. The van der Waals surface area contributed by atoms with E-state index in [1.165, 1.54) is 97.4 Å². The average Bonchev–Trinajstić information content (AvgIpc) is 3.76. The first-order chi connectivity index (χ1) is 31.7. The van der Waals surface area contributed by atoms with Crippen LogP contribution in [0, 0.1) is 0 Å². The standard InChI is InChI=1S/C62H41NS/c1-2-14-49-40-51(35-32-42(49)12-1)46-28-26-45(27-29-46)50-16-9-17-53(41-50)63(59-23-7-5-19-56(59)57-22-11-25-61-62(57)58-20-6-8-24-60(58)64-61)52-38-36-44(37-39-52)43-30-33-48(34-31-43)55-21-10-15-47-13-3-4-18-54(47)55/h1-41H. The zero-order chi connectivity index (χ0) is 42.4. The molecule has 2 heteroatoms. The van der Waals surface area contributed by atoms with Gasteiger partial charge in [-0.05, 0) is 120 Å². The van der Waals surface area contributed by atoms with Gasteiger partial charge >= 0.3 is 0 Å². The molecule has 0 aliphatic heterocycles. The van der Waals surface area contributed by atoms with Gasteiger partial charge < -0.3 is 4.90 Å². The highest BCUT2D eigenvalue weighted by Gasteiger charge is 2.20. The molecule has 12 rings (SSSR count). The molecule has 0 saturated heterocycles. The lowest BCUT2D eigenvalue weighted by atomic mass is 9.95. The molecule has 0 unspecified atom stereocenters. The van der Waals surface area contributed by atoms with Gasteiger partial charge in [-0.3, -0.25) is 0 Å². The first kappa shape index (κ1) is 37.7. The van der Waals surface area contributed by atoms with E-state index in [-0.39, 0.29) is 0 Å². The summed E-state index contributed by atoms with van der Waals surface area (Å²) in [6.45, 7) is 0. The molecule has 0 spiro atoms. The number of benzene rings is 11. The summed E-state index contributed by atoms with van der Waals surface area (Å²) in [5.74, 6) is 0. The van der Waals surface area contributed by atoms with Gasteiger partial charge in [-0.25, -0.2) is 0 Å². The molecule has 0 aliphatic rings. The van der Waals surface area contributed by atoms with Crippen LogP contribution in [0.1, 0.15) is 0 Å². The Bertz CT molecular complexity index is 3650. The van der Waals surface area contributed by atoms with Crippen LogP contribution >= 0.6 is 11.3 Å². The zero-order valence-corrected chi connectivity index (χ0v) is 35.8. The summed E-state index contributed by atoms with van der Waals surface area (Å²) in [5.41, 5.74) is 15.3. The molecule has 0 saturated carbocycles. The van der Waals surface area contributed by atoms with Gasteiger partial charge in [0.2, 0.25) is 0 Å². The molecule has 0 atom stereocenters. The molecule has 64 heavy (non-hydrogen) atoms. The summed E-state index contributed by atoms with van der Waals surface area (Å²) in [7, 11) is 0. The second-order valence-corrected chi connectivity index (χ2v) is 17.6. The molecule has 1 heterocycles. The summed E-state index contributed by atoms with van der Waals surface area (Å²) in [6, 6.07) is 91.0. The monoisotopic (exact) mass is 831 g/mol. The molecule has 300 valence electrons. The molecule has 11 aromatic carbocycles. The van der Waals surface area contributed by atoms with Crippen molar-refractivity contribution in [2.45, 2.75) is 0 Å². The second kappa shape index (κ2) is 16.0. The Morgan fingerprint density at radius 1 is 0.266 bits per heavy atom. The topological polar surface area (TPSA) is 3.24 Å². The molecule has 0 N–H and O–H groups in total. The van der Waals surface area contributed by atoms with E-state index in [4.69, 9.17) is 0 Å². The summed E-state index contributed by atoms with van der Waals surface area (Å²) >= 11 is 1.86. The van der Waals surface area contributed by atoms with Crippen LogP contribution in [0.25, 0.3) is 97.4 Å². The Morgan fingerprint density at radius 3 is 1.58 bits per heavy atom. The Morgan fingerprint density at radius 2 is 0.781 bits per heavy atom. The fourth-order valence-electron chi connectivity index (χ4n) is 9.49. The minimum absolute atomic E-state index is 1.09. The fraction of sp³-hybridized carbons (Fsp3) is 0. The van der Waals surface area contributed by atoms with Crippen molar-refractivity contribution in [1.82, 2.24) is 0 Å². The number of anilines is 3. The molecule has 1 nitrogen and oxygen atoms in total. The van der Waals surface area contributed by atoms with E-state index in [0.717, 1.165) is 17.1 Å². The van der Waals surface area contributed by atoms with Crippen LogP contribution in [0.3, 0.4) is 0 Å². The Balaban J connectivity index is 0.948. The number of para-hydroxylation sites is 1. The number of hydrogen-bond acceptors (Lipinski definition) is 2. The Hall–Kier alpha value is -8.04. The lowest BCUT2D eigenvalue weighted by molar-refractivity contribution is 1.28. The summed E-state index contributed by atoms with van der Waals surface area (Å²) < 4.78 is 2.60. The lowest BCUT2D eigenvalue weighted by Crippen LogP contribution is -2.11. The van der Waals surface area contributed by atoms with E-state index in [0.29, 0.717) is 0 Å². The van der Waals surface area contributed by atoms with E-state index in [2.05, 4.69) is 254 Å². The number of fused-ring (bicyclic) bond motifs is 5. The highest BCUT2D eigenvalue weighted by Crippen LogP contribution is 2.46. The van der Waals surface area contributed by atoms with Gasteiger partial charge in [0.1, 0.15) is 0 Å². The maximum Gasteiger partial charge on any atom is 0.0540 e. The maximum atomic E-state index is 2.43. The van der Waals surface area contributed by atoms with Gasteiger partial charge in [0, 0.05) is 37.1 Å². The molecular formula is C62H41NS. The van der Waals surface area contributed by atoms with Gasteiger partial charge in [0.15, 0.2) is 0 Å². The normalized spacial score (nSPS) is 11.4. The first-order valence-corrected chi connectivity index (χ1v) is 22.7. The third-order valence-electron chi connectivity index (χ3n) is 12.7. The quantitative estimate of drug-likeness (QED) is 0.147.